The molecule has 3 aromatic rings. The normalized spacial score (nSPS) is 11.0. The molecule has 0 aliphatic rings. The zero-order valence-electron chi connectivity index (χ0n) is 13.9. The van der Waals surface area contributed by atoms with Gasteiger partial charge in [-0.25, -0.2) is 4.98 Å². The van der Waals surface area contributed by atoms with E-state index in [0.29, 0.717) is 40.8 Å². The molecule has 0 unspecified atom stereocenters. The lowest BCUT2D eigenvalue weighted by Crippen LogP contribution is -2.32. The monoisotopic (exact) mass is 361 g/mol. The third-order valence-corrected chi connectivity index (χ3v) is 4.21. The maximum Gasteiger partial charge on any atom is 0.233 e. The molecule has 0 bridgehead atoms. The maximum atomic E-state index is 13.1. The minimum atomic E-state index is -0.670. The molecule has 0 saturated carbocycles. The zero-order chi connectivity index (χ0) is 18.0. The second-order valence-corrected chi connectivity index (χ2v) is 5.90. The third kappa shape index (κ3) is 3.46. The van der Waals surface area contributed by atoms with Gasteiger partial charge in [0.05, 0.1) is 17.1 Å². The van der Waals surface area contributed by atoms with Crippen LogP contribution >= 0.6 is 11.6 Å². The van der Waals surface area contributed by atoms with Crippen molar-refractivity contribution < 1.29 is 9.18 Å². The molecule has 1 amide bonds. The number of hydrogen-bond acceptors (Lipinski definition) is 4. The lowest BCUT2D eigenvalue weighted by molar-refractivity contribution is -0.130. The molecule has 3 rings (SSSR count). The molecule has 0 saturated heterocycles. The summed E-state index contributed by atoms with van der Waals surface area (Å²) in [6, 6.07) is 6.20. The van der Waals surface area contributed by atoms with E-state index in [-0.39, 0.29) is 12.3 Å². The summed E-state index contributed by atoms with van der Waals surface area (Å²) in [6.45, 7) is 5.11. The SMILES string of the molecule is CCN(CC)C(=O)Cc1c(-c2ccc(F)nn2)nc2ccc(Cl)cn12. The minimum absolute atomic E-state index is 0.0249. The number of fused-ring (bicyclic) bond motifs is 1. The molecule has 25 heavy (non-hydrogen) atoms. The molecule has 130 valence electrons. The van der Waals surface area contributed by atoms with Crippen molar-refractivity contribution >= 4 is 23.2 Å². The van der Waals surface area contributed by atoms with Crippen molar-refractivity contribution in [2.45, 2.75) is 20.3 Å². The molecule has 6 nitrogen and oxygen atoms in total. The second-order valence-electron chi connectivity index (χ2n) is 5.47. The van der Waals surface area contributed by atoms with Crippen LogP contribution in [0.5, 0.6) is 0 Å². The third-order valence-electron chi connectivity index (χ3n) is 3.99. The predicted octanol–water partition coefficient (Wildman–Crippen LogP) is 2.99. The Morgan fingerprint density at radius 2 is 1.96 bits per heavy atom. The van der Waals surface area contributed by atoms with Gasteiger partial charge < -0.3 is 9.30 Å². The lowest BCUT2D eigenvalue weighted by atomic mass is 10.1. The van der Waals surface area contributed by atoms with Crippen LogP contribution in [0.1, 0.15) is 19.5 Å². The summed E-state index contributed by atoms with van der Waals surface area (Å²) in [5.41, 5.74) is 2.18. The summed E-state index contributed by atoms with van der Waals surface area (Å²) >= 11 is 6.10. The van der Waals surface area contributed by atoms with Crippen LogP contribution in [0.25, 0.3) is 17.0 Å². The number of rotatable bonds is 5. The molecule has 0 radical (unpaired) electrons. The van der Waals surface area contributed by atoms with Crippen LogP contribution in [0.4, 0.5) is 4.39 Å². The van der Waals surface area contributed by atoms with Crippen LogP contribution in [-0.4, -0.2) is 43.5 Å². The first-order valence-electron chi connectivity index (χ1n) is 7.97. The van der Waals surface area contributed by atoms with Crippen molar-refractivity contribution in [3.8, 4) is 11.4 Å². The van der Waals surface area contributed by atoms with Gasteiger partial charge in [-0.2, -0.15) is 4.39 Å². The Morgan fingerprint density at radius 1 is 1.20 bits per heavy atom. The average Bonchev–Trinajstić information content (AvgIpc) is 2.94. The quantitative estimate of drug-likeness (QED) is 0.700. The number of carbonyl (C=O) groups excluding carboxylic acids is 1. The van der Waals surface area contributed by atoms with Crippen molar-refractivity contribution in [2.75, 3.05) is 13.1 Å². The van der Waals surface area contributed by atoms with E-state index in [4.69, 9.17) is 11.6 Å². The predicted molar refractivity (Wildman–Crippen MR) is 92.8 cm³/mol. The Kier molecular flexibility index (Phi) is 4.94. The lowest BCUT2D eigenvalue weighted by Gasteiger charge is -2.18. The number of aromatic nitrogens is 4. The molecule has 0 N–H and O–H groups in total. The van der Waals surface area contributed by atoms with Crippen LogP contribution in [0.3, 0.4) is 0 Å². The fraction of sp³-hybridized carbons (Fsp3) is 0.294. The average molecular weight is 362 g/mol. The molecule has 3 aromatic heterocycles. The van der Waals surface area contributed by atoms with E-state index in [0.717, 1.165) is 0 Å². The number of pyridine rings is 1. The smallest absolute Gasteiger partial charge is 0.233 e. The number of imidazole rings is 1. The highest BCUT2D eigenvalue weighted by atomic mass is 35.5. The summed E-state index contributed by atoms with van der Waals surface area (Å²) in [6.07, 6.45) is 1.84. The van der Waals surface area contributed by atoms with E-state index in [1.54, 1.807) is 27.6 Å². The molecular weight excluding hydrogens is 345 g/mol. The standard InChI is InChI=1S/C17H17ClFN5O/c1-3-23(4-2)16(25)9-13-17(12-6-7-14(19)22-21-12)20-15-8-5-11(18)10-24(13)15/h5-8,10H,3-4,9H2,1-2H3. The van der Waals surface area contributed by atoms with Gasteiger partial charge in [0.2, 0.25) is 11.9 Å². The van der Waals surface area contributed by atoms with E-state index >= 15 is 0 Å². The Labute approximate surface area is 149 Å². The van der Waals surface area contributed by atoms with Crippen LogP contribution in [0.15, 0.2) is 30.5 Å². The molecule has 0 spiro atoms. The second kappa shape index (κ2) is 7.14. The summed E-state index contributed by atoms with van der Waals surface area (Å²) in [5.74, 6) is -0.695. The van der Waals surface area contributed by atoms with Gasteiger partial charge in [-0.3, -0.25) is 4.79 Å². The molecule has 8 heteroatoms. The van der Waals surface area contributed by atoms with Gasteiger partial charge in [0.25, 0.3) is 0 Å². The fourth-order valence-electron chi connectivity index (χ4n) is 2.72. The van der Waals surface area contributed by atoms with E-state index < -0.39 is 5.95 Å². The van der Waals surface area contributed by atoms with Crippen molar-refractivity contribution in [1.29, 1.82) is 0 Å². The van der Waals surface area contributed by atoms with Crippen LogP contribution in [0, 0.1) is 5.95 Å². The zero-order valence-corrected chi connectivity index (χ0v) is 14.7. The van der Waals surface area contributed by atoms with Gasteiger partial charge >= 0.3 is 0 Å². The first kappa shape index (κ1) is 17.3. The van der Waals surface area contributed by atoms with Gasteiger partial charge in [0.1, 0.15) is 17.0 Å². The summed E-state index contributed by atoms with van der Waals surface area (Å²) in [4.78, 5) is 18.9. The van der Waals surface area contributed by atoms with Crippen LogP contribution in [-0.2, 0) is 11.2 Å². The number of hydrogen-bond donors (Lipinski definition) is 0. The van der Waals surface area contributed by atoms with Crippen molar-refractivity contribution in [3.63, 3.8) is 0 Å². The Bertz CT molecular complexity index is 905. The molecule has 0 aliphatic carbocycles. The highest BCUT2D eigenvalue weighted by Crippen LogP contribution is 2.25. The van der Waals surface area contributed by atoms with Gasteiger partial charge in [0, 0.05) is 19.3 Å². The number of amides is 1. The first-order chi connectivity index (χ1) is 12.0. The summed E-state index contributed by atoms with van der Waals surface area (Å²) in [5, 5.41) is 7.83. The molecule has 0 fully saturated rings. The number of halogens is 2. The van der Waals surface area contributed by atoms with E-state index in [1.165, 1.54) is 12.1 Å². The van der Waals surface area contributed by atoms with Crippen molar-refractivity contribution in [2.24, 2.45) is 0 Å². The van der Waals surface area contributed by atoms with Crippen LogP contribution < -0.4 is 0 Å². The molecule has 3 heterocycles. The van der Waals surface area contributed by atoms with Gasteiger partial charge in [-0.15, -0.1) is 10.2 Å². The molecule has 0 aromatic carbocycles. The molecule has 0 aliphatic heterocycles. The molecular formula is C17H17ClFN5O. The van der Waals surface area contributed by atoms with Crippen molar-refractivity contribution in [1.82, 2.24) is 24.5 Å². The largest absolute Gasteiger partial charge is 0.343 e. The van der Waals surface area contributed by atoms with E-state index in [1.807, 2.05) is 13.8 Å². The number of nitrogens with zero attached hydrogens (tertiary/aromatic N) is 5. The maximum absolute atomic E-state index is 13.1. The minimum Gasteiger partial charge on any atom is -0.343 e. The number of carbonyl (C=O) groups is 1. The summed E-state index contributed by atoms with van der Waals surface area (Å²) in [7, 11) is 0. The molecule has 0 atom stereocenters. The highest BCUT2D eigenvalue weighted by Gasteiger charge is 2.20. The Morgan fingerprint density at radius 3 is 2.60 bits per heavy atom. The Hall–Kier alpha value is -2.54. The first-order valence-corrected chi connectivity index (χ1v) is 8.35. The van der Waals surface area contributed by atoms with Crippen LogP contribution in [0.2, 0.25) is 5.02 Å². The van der Waals surface area contributed by atoms with E-state index in [9.17, 15) is 9.18 Å². The topological polar surface area (TPSA) is 63.4 Å². The van der Waals surface area contributed by atoms with E-state index in [2.05, 4.69) is 15.2 Å². The Balaban J connectivity index is 2.12. The van der Waals surface area contributed by atoms with Crippen molar-refractivity contribution in [3.05, 3.63) is 47.1 Å². The van der Waals surface area contributed by atoms with Gasteiger partial charge in [-0.05, 0) is 38.1 Å². The number of likely N-dealkylation sites (N-methyl/N-ethyl adjacent to an activating group) is 1. The highest BCUT2D eigenvalue weighted by molar-refractivity contribution is 6.30. The van der Waals surface area contributed by atoms with Gasteiger partial charge in [-0.1, -0.05) is 11.6 Å². The van der Waals surface area contributed by atoms with Gasteiger partial charge in [0.15, 0.2) is 0 Å². The summed E-state index contributed by atoms with van der Waals surface area (Å²) < 4.78 is 14.9. The fourth-order valence-corrected chi connectivity index (χ4v) is 2.88.